The van der Waals surface area contributed by atoms with Crippen molar-refractivity contribution in [2.45, 2.75) is 146 Å². The zero-order valence-corrected chi connectivity index (χ0v) is 35.7. The lowest BCUT2D eigenvalue weighted by molar-refractivity contribution is -0.142. The minimum Gasteiger partial charge on any atom is -0.481 e. The SMILES string of the molecule is CC[C@H](C)[C@H](NC(=O)[C@@H](NC(=O)[C@@H](N)CO)[C@@H](C)O)C(=O)N[C@@H](CCC(=O)O)C(=O)N[C@@H](CCC(=O)O)C(=O)N[C@@H](CCC(N)=O)C(=O)N[C@@H](C)C(=O)N[C@@H](CCCCN)C(=O)O. The standard InChI is InChI=1S/C37H64N10O16/c1-5-17(2)28(46-36(61)29(19(4)49)47-31(56)20(39)16-48)35(60)44-23(11-14-27(53)54)34(59)43-22(10-13-26(51)52)33(58)42-21(9-12-25(40)50)32(57)41-18(3)30(55)45-24(37(62)63)8-6-7-15-38/h17-24,28-29,48-49H,5-16,38-39H2,1-4H3,(H2,40,50)(H,41,57)(H,42,58)(H,43,59)(H,44,60)(H,45,55)(H,46,61)(H,47,56)(H,51,52)(H,53,54)(H,62,63)/t17-,18-,19+,20-,21-,22-,23-,24-,28-,29-/m0/s1. The van der Waals surface area contributed by atoms with Crippen molar-refractivity contribution in [1.82, 2.24) is 37.2 Å². The summed E-state index contributed by atoms with van der Waals surface area (Å²) in [5.41, 5.74) is 16.2. The van der Waals surface area contributed by atoms with Gasteiger partial charge in [-0.1, -0.05) is 20.3 Å². The summed E-state index contributed by atoms with van der Waals surface area (Å²) < 4.78 is 0. The van der Waals surface area contributed by atoms with Gasteiger partial charge in [0.25, 0.3) is 0 Å². The van der Waals surface area contributed by atoms with E-state index < -0.39 is 171 Å². The minimum absolute atomic E-state index is 0.0312. The highest BCUT2D eigenvalue weighted by atomic mass is 16.4. The number of carbonyl (C=O) groups excluding carboxylic acids is 8. The molecule has 63 heavy (non-hydrogen) atoms. The molecule has 0 unspecified atom stereocenters. The number of carboxylic acid groups (broad SMARTS) is 3. The molecular weight excluding hydrogens is 840 g/mol. The second kappa shape index (κ2) is 29.3. The lowest BCUT2D eigenvalue weighted by Crippen LogP contribution is -2.62. The van der Waals surface area contributed by atoms with Crippen LogP contribution in [0.5, 0.6) is 0 Å². The molecule has 0 rings (SSSR count). The molecule has 10 atom stereocenters. The third-order valence-corrected chi connectivity index (χ3v) is 9.57. The number of hydrogen-bond donors (Lipinski definition) is 15. The fraction of sp³-hybridized carbons (Fsp3) is 0.703. The molecule has 0 spiro atoms. The molecule has 0 aromatic heterocycles. The van der Waals surface area contributed by atoms with Gasteiger partial charge in [0.05, 0.1) is 12.7 Å². The van der Waals surface area contributed by atoms with Crippen LogP contribution in [0, 0.1) is 5.92 Å². The summed E-state index contributed by atoms with van der Waals surface area (Å²) in [6.45, 7) is 5.00. The summed E-state index contributed by atoms with van der Waals surface area (Å²) in [6, 6.07) is -12.5. The number of carboxylic acids is 3. The van der Waals surface area contributed by atoms with E-state index in [0.29, 0.717) is 12.8 Å². The molecule has 0 radical (unpaired) electrons. The second-order valence-electron chi connectivity index (χ2n) is 14.9. The van der Waals surface area contributed by atoms with Crippen molar-refractivity contribution in [3.63, 3.8) is 0 Å². The minimum atomic E-state index is -1.79. The topological polar surface area (TPSA) is 451 Å². The van der Waals surface area contributed by atoms with Crippen molar-refractivity contribution in [2.24, 2.45) is 23.1 Å². The molecule has 0 saturated carbocycles. The maximum atomic E-state index is 13.7. The number of nitrogens with one attached hydrogen (secondary N) is 7. The lowest BCUT2D eigenvalue weighted by Gasteiger charge is -2.30. The molecule has 0 heterocycles. The number of hydrogen-bond acceptors (Lipinski definition) is 15. The molecule has 0 aromatic carbocycles. The average molecular weight is 905 g/mol. The van der Waals surface area contributed by atoms with Crippen LogP contribution in [0.4, 0.5) is 0 Å². The summed E-state index contributed by atoms with van der Waals surface area (Å²) in [7, 11) is 0. The second-order valence-corrected chi connectivity index (χ2v) is 14.9. The van der Waals surface area contributed by atoms with Gasteiger partial charge in [-0.2, -0.15) is 0 Å². The Morgan fingerprint density at radius 1 is 0.540 bits per heavy atom. The number of rotatable bonds is 32. The lowest BCUT2D eigenvalue weighted by atomic mass is 9.96. The number of aliphatic hydroxyl groups excluding tert-OH is 2. The van der Waals surface area contributed by atoms with Crippen molar-refractivity contribution in [3.8, 4) is 0 Å². The van der Waals surface area contributed by atoms with Gasteiger partial charge >= 0.3 is 17.9 Å². The molecule has 0 fully saturated rings. The molecule has 8 amide bonds. The van der Waals surface area contributed by atoms with E-state index in [4.69, 9.17) is 17.2 Å². The van der Waals surface area contributed by atoms with Gasteiger partial charge in [0, 0.05) is 19.3 Å². The van der Waals surface area contributed by atoms with E-state index in [2.05, 4.69) is 37.2 Å². The van der Waals surface area contributed by atoms with E-state index in [-0.39, 0.29) is 19.4 Å². The van der Waals surface area contributed by atoms with Crippen LogP contribution in [-0.2, 0) is 52.7 Å². The molecule has 18 N–H and O–H groups in total. The smallest absolute Gasteiger partial charge is 0.326 e. The van der Waals surface area contributed by atoms with E-state index >= 15 is 0 Å². The van der Waals surface area contributed by atoms with E-state index in [1.54, 1.807) is 6.92 Å². The van der Waals surface area contributed by atoms with Crippen LogP contribution in [0.15, 0.2) is 0 Å². The Balaban J connectivity index is 6.51. The van der Waals surface area contributed by atoms with Gasteiger partial charge in [-0.3, -0.25) is 47.9 Å². The van der Waals surface area contributed by atoms with Crippen molar-refractivity contribution in [3.05, 3.63) is 0 Å². The van der Waals surface area contributed by atoms with Gasteiger partial charge in [0.15, 0.2) is 0 Å². The van der Waals surface area contributed by atoms with Crippen LogP contribution in [0.1, 0.15) is 91.9 Å². The Morgan fingerprint density at radius 2 is 0.968 bits per heavy atom. The van der Waals surface area contributed by atoms with E-state index in [1.807, 2.05) is 0 Å². The van der Waals surface area contributed by atoms with Gasteiger partial charge in [0.2, 0.25) is 47.3 Å². The summed E-state index contributed by atoms with van der Waals surface area (Å²) in [6.07, 6.45) is -4.10. The first-order valence-corrected chi connectivity index (χ1v) is 20.2. The first-order valence-electron chi connectivity index (χ1n) is 20.2. The quantitative estimate of drug-likeness (QED) is 0.0280. The van der Waals surface area contributed by atoms with Gasteiger partial charge in [-0.15, -0.1) is 0 Å². The molecule has 358 valence electrons. The zero-order chi connectivity index (χ0) is 48.6. The van der Waals surface area contributed by atoms with E-state index in [1.165, 1.54) is 13.8 Å². The number of aliphatic hydroxyl groups is 2. The number of primary amides is 1. The van der Waals surface area contributed by atoms with E-state index in [9.17, 15) is 78.3 Å². The van der Waals surface area contributed by atoms with E-state index in [0.717, 1.165) is 6.92 Å². The zero-order valence-electron chi connectivity index (χ0n) is 35.7. The molecule has 0 aliphatic heterocycles. The normalized spacial score (nSPS) is 15.7. The fourth-order valence-corrected chi connectivity index (χ4v) is 5.55. The van der Waals surface area contributed by atoms with Crippen LogP contribution < -0.4 is 54.4 Å². The van der Waals surface area contributed by atoms with Crippen LogP contribution in [0.2, 0.25) is 0 Å². The molecule has 0 aliphatic rings. The van der Waals surface area contributed by atoms with Gasteiger partial charge < -0.3 is 80.0 Å². The molecule has 0 aromatic rings. The van der Waals surface area contributed by atoms with Gasteiger partial charge in [-0.25, -0.2) is 4.79 Å². The molecule has 0 aliphatic carbocycles. The molecule has 26 nitrogen and oxygen atoms in total. The largest absolute Gasteiger partial charge is 0.481 e. The average Bonchev–Trinajstić information content (AvgIpc) is 3.21. The van der Waals surface area contributed by atoms with Gasteiger partial charge in [-0.05, 0) is 64.8 Å². The van der Waals surface area contributed by atoms with Crippen LogP contribution in [0.3, 0.4) is 0 Å². The summed E-state index contributed by atoms with van der Waals surface area (Å²) in [5.74, 6) is -13.3. The highest BCUT2D eigenvalue weighted by Gasteiger charge is 2.36. The predicted octanol–water partition coefficient (Wildman–Crippen LogP) is -5.64. The Kier molecular flexibility index (Phi) is 26.5. The molecule has 0 saturated heterocycles. The monoisotopic (exact) mass is 904 g/mol. The maximum absolute atomic E-state index is 13.7. The highest BCUT2D eigenvalue weighted by Crippen LogP contribution is 2.12. The van der Waals surface area contributed by atoms with Crippen molar-refractivity contribution in [1.29, 1.82) is 0 Å². The van der Waals surface area contributed by atoms with Crippen LogP contribution >= 0.6 is 0 Å². The predicted molar refractivity (Wildman–Crippen MR) is 218 cm³/mol. The third-order valence-electron chi connectivity index (χ3n) is 9.57. The number of nitrogens with two attached hydrogens (primary N) is 3. The Bertz CT molecular complexity index is 1620. The third kappa shape index (κ3) is 22.1. The molecule has 0 bridgehead atoms. The summed E-state index contributed by atoms with van der Waals surface area (Å²) in [4.78, 5) is 139. The highest BCUT2D eigenvalue weighted by molar-refractivity contribution is 5.98. The van der Waals surface area contributed by atoms with Crippen molar-refractivity contribution >= 4 is 65.2 Å². The van der Waals surface area contributed by atoms with Gasteiger partial charge in [0.1, 0.15) is 48.3 Å². The first kappa shape index (κ1) is 57.0. The Hall–Kier alpha value is -5.99. The number of amides is 8. The molecule has 26 heteroatoms. The first-order chi connectivity index (χ1) is 29.4. The fourth-order valence-electron chi connectivity index (χ4n) is 5.55. The number of aliphatic carboxylic acids is 3. The Morgan fingerprint density at radius 3 is 1.38 bits per heavy atom. The maximum Gasteiger partial charge on any atom is 0.326 e. The van der Waals surface area contributed by atoms with Crippen molar-refractivity contribution in [2.75, 3.05) is 13.2 Å². The Labute approximate surface area is 362 Å². The summed E-state index contributed by atoms with van der Waals surface area (Å²) in [5, 5.41) is 63.6. The number of carbonyl (C=O) groups is 11. The summed E-state index contributed by atoms with van der Waals surface area (Å²) >= 11 is 0. The van der Waals surface area contributed by atoms with Crippen molar-refractivity contribution < 1.29 is 78.3 Å². The van der Waals surface area contributed by atoms with Crippen LogP contribution in [-0.4, -0.2) is 158 Å². The van der Waals surface area contributed by atoms with Crippen LogP contribution in [0.25, 0.3) is 0 Å². The number of unbranched alkanes of at least 4 members (excludes halogenated alkanes) is 1. The molecular formula is C37H64N10O16.